The van der Waals surface area contributed by atoms with Gasteiger partial charge in [0.15, 0.2) is 5.82 Å². The van der Waals surface area contributed by atoms with Gasteiger partial charge < -0.3 is 9.84 Å². The van der Waals surface area contributed by atoms with Crippen molar-refractivity contribution in [3.63, 3.8) is 0 Å². The minimum Gasteiger partial charge on any atom is -0.338 e. The Hall–Kier alpha value is -1.16. The van der Waals surface area contributed by atoms with Gasteiger partial charge in [-0.15, -0.1) is 6.58 Å². The second kappa shape index (κ2) is 5.96. The third-order valence-corrected chi connectivity index (χ3v) is 3.35. The number of nitrogens with one attached hydrogen (secondary N) is 1. The van der Waals surface area contributed by atoms with E-state index >= 15 is 0 Å². The maximum Gasteiger partial charge on any atom is 0.240 e. The smallest absolute Gasteiger partial charge is 0.240 e. The standard InChI is InChI=1S/C13H21N3O/c1-3-7-14-9-12-15-13(16-17-12)11-6-4-5-10(2)8-11/h3,10-11,14H,1,4-9H2,2H3. The van der Waals surface area contributed by atoms with Gasteiger partial charge in [-0.3, -0.25) is 0 Å². The molecule has 4 heteroatoms. The molecule has 0 saturated heterocycles. The molecule has 4 nitrogen and oxygen atoms in total. The highest BCUT2D eigenvalue weighted by atomic mass is 16.5. The number of hydrogen-bond donors (Lipinski definition) is 1. The van der Waals surface area contributed by atoms with Gasteiger partial charge in [0, 0.05) is 12.5 Å². The SMILES string of the molecule is C=CCNCc1nc(C2CCCC(C)C2)no1. The minimum atomic E-state index is 0.496. The summed E-state index contributed by atoms with van der Waals surface area (Å²) in [7, 11) is 0. The Bertz CT molecular complexity index is 361. The van der Waals surface area contributed by atoms with E-state index in [1.165, 1.54) is 25.7 Å². The Morgan fingerprint density at radius 1 is 1.53 bits per heavy atom. The predicted molar refractivity (Wildman–Crippen MR) is 66.6 cm³/mol. The van der Waals surface area contributed by atoms with Gasteiger partial charge in [0.2, 0.25) is 5.89 Å². The molecular weight excluding hydrogens is 214 g/mol. The van der Waals surface area contributed by atoms with Gasteiger partial charge in [0.1, 0.15) is 0 Å². The summed E-state index contributed by atoms with van der Waals surface area (Å²) < 4.78 is 5.24. The van der Waals surface area contributed by atoms with Crippen molar-refractivity contribution in [1.29, 1.82) is 0 Å². The molecule has 1 saturated carbocycles. The summed E-state index contributed by atoms with van der Waals surface area (Å²) in [5.74, 6) is 2.86. The first kappa shape index (κ1) is 12.3. The highest BCUT2D eigenvalue weighted by molar-refractivity contribution is 4.97. The van der Waals surface area contributed by atoms with Crippen LogP contribution in [0.3, 0.4) is 0 Å². The largest absolute Gasteiger partial charge is 0.338 e. The Balaban J connectivity index is 1.90. The van der Waals surface area contributed by atoms with Gasteiger partial charge >= 0.3 is 0 Å². The summed E-state index contributed by atoms with van der Waals surface area (Å²) in [5.41, 5.74) is 0. The molecule has 2 rings (SSSR count). The van der Waals surface area contributed by atoms with Crippen LogP contribution in [-0.2, 0) is 6.54 Å². The first-order valence-corrected chi connectivity index (χ1v) is 6.43. The fraction of sp³-hybridized carbons (Fsp3) is 0.692. The molecule has 1 N–H and O–H groups in total. The second-order valence-electron chi connectivity index (χ2n) is 4.93. The minimum absolute atomic E-state index is 0.496. The van der Waals surface area contributed by atoms with Gasteiger partial charge in [0.25, 0.3) is 0 Å². The fourth-order valence-corrected chi connectivity index (χ4v) is 2.46. The Kier molecular flexibility index (Phi) is 4.31. The molecule has 0 aromatic carbocycles. The number of aromatic nitrogens is 2. The number of hydrogen-bond acceptors (Lipinski definition) is 4. The van der Waals surface area contributed by atoms with E-state index in [9.17, 15) is 0 Å². The first-order valence-electron chi connectivity index (χ1n) is 6.43. The Morgan fingerprint density at radius 3 is 3.18 bits per heavy atom. The van der Waals surface area contributed by atoms with Gasteiger partial charge in [-0.05, 0) is 18.8 Å². The van der Waals surface area contributed by atoms with Crippen LogP contribution in [0.4, 0.5) is 0 Å². The highest BCUT2D eigenvalue weighted by Crippen LogP contribution is 2.34. The quantitative estimate of drug-likeness (QED) is 0.629. The lowest BCUT2D eigenvalue weighted by Gasteiger charge is -2.23. The fourth-order valence-electron chi connectivity index (χ4n) is 2.46. The van der Waals surface area contributed by atoms with E-state index in [4.69, 9.17) is 4.52 Å². The van der Waals surface area contributed by atoms with Crippen LogP contribution in [0.15, 0.2) is 17.2 Å². The molecule has 1 fully saturated rings. The normalized spacial score (nSPS) is 24.8. The lowest BCUT2D eigenvalue weighted by Crippen LogP contribution is -2.14. The van der Waals surface area contributed by atoms with Crippen molar-refractivity contribution >= 4 is 0 Å². The molecule has 0 radical (unpaired) electrons. The molecule has 0 amide bonds. The third-order valence-electron chi connectivity index (χ3n) is 3.35. The van der Waals surface area contributed by atoms with Crippen LogP contribution in [0.25, 0.3) is 0 Å². The van der Waals surface area contributed by atoms with Crippen molar-refractivity contribution in [3.05, 3.63) is 24.4 Å². The van der Waals surface area contributed by atoms with Crippen molar-refractivity contribution < 1.29 is 4.52 Å². The highest BCUT2D eigenvalue weighted by Gasteiger charge is 2.24. The Morgan fingerprint density at radius 2 is 2.41 bits per heavy atom. The van der Waals surface area contributed by atoms with Crippen molar-refractivity contribution in [2.45, 2.75) is 45.1 Å². The van der Waals surface area contributed by atoms with E-state index in [-0.39, 0.29) is 0 Å². The average molecular weight is 235 g/mol. The summed E-state index contributed by atoms with van der Waals surface area (Å²) in [6, 6.07) is 0. The van der Waals surface area contributed by atoms with Crippen LogP contribution in [0, 0.1) is 5.92 Å². The summed E-state index contributed by atoms with van der Waals surface area (Å²) in [5, 5.41) is 7.26. The van der Waals surface area contributed by atoms with Crippen LogP contribution in [0.1, 0.15) is 50.2 Å². The van der Waals surface area contributed by atoms with Crippen LogP contribution in [0.5, 0.6) is 0 Å². The summed E-state index contributed by atoms with van der Waals surface area (Å²) in [4.78, 5) is 4.47. The molecule has 2 atom stereocenters. The zero-order valence-electron chi connectivity index (χ0n) is 10.5. The number of nitrogens with zero attached hydrogens (tertiary/aromatic N) is 2. The first-order chi connectivity index (χ1) is 8.29. The van der Waals surface area contributed by atoms with Gasteiger partial charge in [0.05, 0.1) is 6.54 Å². The molecule has 1 heterocycles. The molecule has 1 aliphatic rings. The van der Waals surface area contributed by atoms with Crippen molar-refractivity contribution in [1.82, 2.24) is 15.5 Å². The molecule has 1 aromatic heterocycles. The molecule has 17 heavy (non-hydrogen) atoms. The van der Waals surface area contributed by atoms with Crippen LogP contribution < -0.4 is 5.32 Å². The second-order valence-corrected chi connectivity index (χ2v) is 4.93. The van der Waals surface area contributed by atoms with Crippen LogP contribution in [-0.4, -0.2) is 16.7 Å². The molecule has 94 valence electrons. The third kappa shape index (κ3) is 3.40. The monoisotopic (exact) mass is 235 g/mol. The lowest BCUT2D eigenvalue weighted by atomic mass is 9.82. The van der Waals surface area contributed by atoms with Gasteiger partial charge in [-0.1, -0.05) is 31.0 Å². The van der Waals surface area contributed by atoms with E-state index in [0.717, 1.165) is 18.3 Å². The van der Waals surface area contributed by atoms with Gasteiger partial charge in [-0.25, -0.2) is 0 Å². The lowest BCUT2D eigenvalue weighted by molar-refractivity contribution is 0.318. The topological polar surface area (TPSA) is 51.0 Å². The van der Waals surface area contributed by atoms with Crippen molar-refractivity contribution in [3.8, 4) is 0 Å². The molecule has 1 aromatic rings. The van der Waals surface area contributed by atoms with Crippen LogP contribution in [0.2, 0.25) is 0 Å². The zero-order valence-corrected chi connectivity index (χ0v) is 10.5. The van der Waals surface area contributed by atoms with Crippen molar-refractivity contribution in [2.24, 2.45) is 5.92 Å². The maximum absolute atomic E-state index is 5.24. The van der Waals surface area contributed by atoms with E-state index in [2.05, 4.69) is 29.0 Å². The van der Waals surface area contributed by atoms with E-state index in [0.29, 0.717) is 18.4 Å². The van der Waals surface area contributed by atoms with E-state index in [1.807, 2.05) is 6.08 Å². The molecular formula is C13H21N3O. The molecule has 1 aliphatic carbocycles. The molecule has 0 aliphatic heterocycles. The summed E-state index contributed by atoms with van der Waals surface area (Å²) in [6.07, 6.45) is 6.83. The van der Waals surface area contributed by atoms with Crippen LogP contribution >= 0.6 is 0 Å². The summed E-state index contributed by atoms with van der Waals surface area (Å²) in [6.45, 7) is 7.34. The predicted octanol–water partition coefficient (Wildman–Crippen LogP) is 2.64. The summed E-state index contributed by atoms with van der Waals surface area (Å²) >= 11 is 0. The zero-order chi connectivity index (χ0) is 12.1. The Labute approximate surface area is 102 Å². The molecule has 2 unspecified atom stereocenters. The number of rotatable bonds is 5. The van der Waals surface area contributed by atoms with E-state index in [1.54, 1.807) is 0 Å². The molecule has 0 bridgehead atoms. The maximum atomic E-state index is 5.24. The van der Waals surface area contributed by atoms with Crippen molar-refractivity contribution in [2.75, 3.05) is 6.54 Å². The van der Waals surface area contributed by atoms with E-state index < -0.39 is 0 Å². The average Bonchev–Trinajstić information content (AvgIpc) is 2.78. The molecule has 0 spiro atoms. The van der Waals surface area contributed by atoms with Gasteiger partial charge in [-0.2, -0.15) is 4.98 Å².